The van der Waals surface area contributed by atoms with Crippen LogP contribution in [-0.4, -0.2) is 28.4 Å². The second kappa shape index (κ2) is 9.66. The van der Waals surface area contributed by atoms with Crippen LogP contribution in [0.4, 0.5) is 5.69 Å². The predicted molar refractivity (Wildman–Crippen MR) is 115 cm³/mol. The summed E-state index contributed by atoms with van der Waals surface area (Å²) in [5.74, 6) is -0.454. The number of benzene rings is 2. The van der Waals surface area contributed by atoms with Crippen molar-refractivity contribution in [1.29, 1.82) is 0 Å². The maximum atomic E-state index is 12.2. The van der Waals surface area contributed by atoms with Crippen LogP contribution in [-0.2, 0) is 9.59 Å². The second-order valence-electron chi connectivity index (χ2n) is 6.15. The lowest BCUT2D eigenvalue weighted by molar-refractivity contribution is -0.122. The largest absolute Gasteiger partial charge is 0.326 e. The molecule has 0 aromatic heterocycles. The van der Waals surface area contributed by atoms with Crippen molar-refractivity contribution < 1.29 is 9.59 Å². The molecule has 3 rings (SSSR count). The Morgan fingerprint density at radius 1 is 1.18 bits per heavy atom. The standard InChI is InChI=1S/C21H20N4O2S/c1-15-9-11-17(12-10-15)23-19(26)14-18-20(27)24-21(28-18)25-22-13-5-8-16-6-3-2-4-7-16/h2-13,18H,14H2,1H3,(H,23,26)(H,24,25,27)/b8-5+,22-13-. The van der Waals surface area contributed by atoms with E-state index in [1.807, 2.05) is 67.6 Å². The molecule has 0 saturated carbocycles. The van der Waals surface area contributed by atoms with Crippen LogP contribution >= 0.6 is 11.8 Å². The molecule has 2 N–H and O–H groups in total. The van der Waals surface area contributed by atoms with Crippen molar-refractivity contribution in [3.8, 4) is 0 Å². The van der Waals surface area contributed by atoms with Crippen molar-refractivity contribution >= 4 is 46.7 Å². The Morgan fingerprint density at radius 3 is 2.68 bits per heavy atom. The molecule has 7 heteroatoms. The molecule has 2 aromatic rings. The fraction of sp³-hybridized carbons (Fsp3) is 0.143. The summed E-state index contributed by atoms with van der Waals surface area (Å²) in [5, 5.41) is 13.2. The Hall–Kier alpha value is -3.19. The first-order chi connectivity index (χ1) is 13.6. The van der Waals surface area contributed by atoms with Gasteiger partial charge in [0.2, 0.25) is 11.8 Å². The number of amides is 2. The first-order valence-electron chi connectivity index (χ1n) is 8.77. The lowest BCUT2D eigenvalue weighted by Crippen LogP contribution is -2.28. The lowest BCUT2D eigenvalue weighted by atomic mass is 10.2. The zero-order valence-corrected chi connectivity index (χ0v) is 16.1. The Morgan fingerprint density at radius 2 is 1.93 bits per heavy atom. The SMILES string of the molecule is Cc1ccc(NC(=O)CC2S\C(=N/N=C\C=C\c3ccccc3)NC2=O)cc1. The van der Waals surface area contributed by atoms with Gasteiger partial charge in [0, 0.05) is 18.3 Å². The summed E-state index contributed by atoms with van der Waals surface area (Å²) in [7, 11) is 0. The molecule has 1 aliphatic rings. The van der Waals surface area contributed by atoms with Gasteiger partial charge in [-0.05, 0) is 30.7 Å². The molecule has 0 radical (unpaired) electrons. The quantitative estimate of drug-likeness (QED) is 0.582. The first-order valence-corrected chi connectivity index (χ1v) is 9.65. The summed E-state index contributed by atoms with van der Waals surface area (Å²) in [4.78, 5) is 24.2. The molecular weight excluding hydrogens is 372 g/mol. The average molecular weight is 392 g/mol. The van der Waals surface area contributed by atoms with Gasteiger partial charge in [-0.15, -0.1) is 5.10 Å². The van der Waals surface area contributed by atoms with Crippen molar-refractivity contribution in [3.63, 3.8) is 0 Å². The van der Waals surface area contributed by atoms with E-state index in [4.69, 9.17) is 0 Å². The highest BCUT2D eigenvalue weighted by molar-refractivity contribution is 8.15. The highest BCUT2D eigenvalue weighted by Gasteiger charge is 2.32. The number of aryl methyl sites for hydroxylation is 1. The zero-order valence-electron chi connectivity index (χ0n) is 15.3. The molecule has 6 nitrogen and oxygen atoms in total. The van der Waals surface area contributed by atoms with Crippen LogP contribution in [0.5, 0.6) is 0 Å². The molecule has 1 unspecified atom stereocenters. The third kappa shape index (κ3) is 5.92. The number of hydrogen-bond donors (Lipinski definition) is 2. The van der Waals surface area contributed by atoms with Gasteiger partial charge in [-0.3, -0.25) is 9.59 Å². The Labute approximate surface area is 167 Å². The number of carbonyl (C=O) groups is 2. The smallest absolute Gasteiger partial charge is 0.240 e. The summed E-state index contributed by atoms with van der Waals surface area (Å²) >= 11 is 1.21. The van der Waals surface area contributed by atoms with Gasteiger partial charge < -0.3 is 10.6 Å². The monoisotopic (exact) mass is 392 g/mol. The number of hydrogen-bond acceptors (Lipinski definition) is 5. The molecule has 28 heavy (non-hydrogen) atoms. The normalized spacial score (nSPS) is 18.1. The molecule has 1 aliphatic heterocycles. The Bertz CT molecular complexity index is 921. The van der Waals surface area contributed by atoms with Crippen molar-refractivity contribution in [2.45, 2.75) is 18.6 Å². The molecule has 1 saturated heterocycles. The van der Waals surface area contributed by atoms with Crippen molar-refractivity contribution in [2.75, 3.05) is 5.32 Å². The molecule has 1 heterocycles. The summed E-state index contributed by atoms with van der Waals surface area (Å²) in [6, 6.07) is 17.3. The van der Waals surface area contributed by atoms with E-state index in [0.717, 1.165) is 11.1 Å². The summed E-state index contributed by atoms with van der Waals surface area (Å²) in [6.07, 6.45) is 5.29. The third-order valence-corrected chi connectivity index (χ3v) is 4.94. The predicted octanol–water partition coefficient (Wildman–Crippen LogP) is 3.61. The van der Waals surface area contributed by atoms with Gasteiger partial charge in [-0.1, -0.05) is 65.9 Å². The molecule has 1 fully saturated rings. The fourth-order valence-corrected chi connectivity index (χ4v) is 3.37. The molecular formula is C21H20N4O2S. The van der Waals surface area contributed by atoms with Crippen LogP contribution in [0.1, 0.15) is 17.5 Å². The molecule has 2 aromatic carbocycles. The van der Waals surface area contributed by atoms with E-state index in [1.54, 1.807) is 12.3 Å². The molecule has 0 aliphatic carbocycles. The zero-order chi connectivity index (χ0) is 19.8. The average Bonchev–Trinajstić information content (AvgIpc) is 3.03. The first kappa shape index (κ1) is 19.6. The van der Waals surface area contributed by atoms with Gasteiger partial charge in [0.05, 0.1) is 0 Å². The van der Waals surface area contributed by atoms with Gasteiger partial charge in [0.15, 0.2) is 5.17 Å². The van der Waals surface area contributed by atoms with Crippen molar-refractivity contribution in [1.82, 2.24) is 5.32 Å². The van der Waals surface area contributed by atoms with E-state index < -0.39 is 5.25 Å². The number of allylic oxidation sites excluding steroid dienone is 1. The van der Waals surface area contributed by atoms with E-state index in [1.165, 1.54) is 11.8 Å². The summed E-state index contributed by atoms with van der Waals surface area (Å²) in [5.41, 5.74) is 2.89. The number of amidine groups is 1. The highest BCUT2D eigenvalue weighted by Crippen LogP contribution is 2.23. The van der Waals surface area contributed by atoms with E-state index >= 15 is 0 Å². The summed E-state index contributed by atoms with van der Waals surface area (Å²) in [6.45, 7) is 1.98. The minimum atomic E-state index is -0.515. The third-order valence-electron chi connectivity index (χ3n) is 3.87. The van der Waals surface area contributed by atoms with E-state index in [-0.39, 0.29) is 18.2 Å². The van der Waals surface area contributed by atoms with Crippen LogP contribution in [0.3, 0.4) is 0 Å². The lowest BCUT2D eigenvalue weighted by Gasteiger charge is -2.07. The summed E-state index contributed by atoms with van der Waals surface area (Å²) < 4.78 is 0. The number of thioether (sulfide) groups is 1. The fourth-order valence-electron chi connectivity index (χ4n) is 2.45. The molecule has 0 spiro atoms. The van der Waals surface area contributed by atoms with Crippen LogP contribution in [0.15, 0.2) is 70.9 Å². The minimum absolute atomic E-state index is 0.0705. The van der Waals surface area contributed by atoms with E-state index in [9.17, 15) is 9.59 Å². The van der Waals surface area contributed by atoms with Crippen LogP contribution in [0, 0.1) is 6.92 Å². The molecule has 0 bridgehead atoms. The Balaban J connectivity index is 1.49. The van der Waals surface area contributed by atoms with Gasteiger partial charge in [-0.25, -0.2) is 0 Å². The molecule has 2 amide bonds. The number of nitrogens with one attached hydrogen (secondary N) is 2. The number of carbonyl (C=O) groups excluding carboxylic acids is 2. The van der Waals surface area contributed by atoms with Gasteiger partial charge >= 0.3 is 0 Å². The maximum absolute atomic E-state index is 12.2. The second-order valence-corrected chi connectivity index (χ2v) is 7.35. The number of nitrogens with zero attached hydrogens (tertiary/aromatic N) is 2. The van der Waals surface area contributed by atoms with E-state index in [2.05, 4.69) is 20.8 Å². The molecule has 1 atom stereocenters. The van der Waals surface area contributed by atoms with Gasteiger partial charge in [0.1, 0.15) is 5.25 Å². The van der Waals surface area contributed by atoms with Crippen LogP contribution < -0.4 is 10.6 Å². The number of anilines is 1. The van der Waals surface area contributed by atoms with E-state index in [0.29, 0.717) is 10.9 Å². The van der Waals surface area contributed by atoms with Gasteiger partial charge in [-0.2, -0.15) is 5.10 Å². The van der Waals surface area contributed by atoms with Crippen LogP contribution in [0.25, 0.3) is 6.08 Å². The minimum Gasteiger partial charge on any atom is -0.326 e. The van der Waals surface area contributed by atoms with Crippen LogP contribution in [0.2, 0.25) is 0 Å². The topological polar surface area (TPSA) is 82.9 Å². The number of rotatable bonds is 6. The van der Waals surface area contributed by atoms with Crippen molar-refractivity contribution in [3.05, 3.63) is 71.8 Å². The van der Waals surface area contributed by atoms with Crippen molar-refractivity contribution in [2.24, 2.45) is 10.2 Å². The maximum Gasteiger partial charge on any atom is 0.240 e. The highest BCUT2D eigenvalue weighted by atomic mass is 32.2. The van der Waals surface area contributed by atoms with Gasteiger partial charge in [0.25, 0.3) is 0 Å². The Kier molecular flexibility index (Phi) is 6.75. The molecule has 142 valence electrons.